The Labute approximate surface area is 88.8 Å². The summed E-state index contributed by atoms with van der Waals surface area (Å²) in [6, 6.07) is 0. The molecule has 0 aliphatic carbocycles. The summed E-state index contributed by atoms with van der Waals surface area (Å²) in [6.07, 6.45) is 1.05. The van der Waals surface area contributed by atoms with Crippen molar-refractivity contribution in [3.05, 3.63) is 0 Å². The molecule has 0 atom stereocenters. The second-order valence-corrected chi connectivity index (χ2v) is 4.13. The second-order valence-electron chi connectivity index (χ2n) is 3.37. The summed E-state index contributed by atoms with van der Waals surface area (Å²) in [5, 5.41) is 0. The summed E-state index contributed by atoms with van der Waals surface area (Å²) >= 11 is 2.12. The average molecular weight is 283 g/mol. The molecule has 0 rings (SSSR count). The third kappa shape index (κ3) is 4.95. The van der Waals surface area contributed by atoms with Crippen LogP contribution in [0.3, 0.4) is 0 Å². The van der Waals surface area contributed by atoms with Crippen LogP contribution >= 0.6 is 22.6 Å². The van der Waals surface area contributed by atoms with Crippen LogP contribution in [0.25, 0.3) is 0 Å². The van der Waals surface area contributed by atoms with Crippen LogP contribution in [-0.4, -0.2) is 28.3 Å². The largest absolute Gasteiger partial charge is 0.342 e. The number of nitrogens with zero attached hydrogens (tertiary/aromatic N) is 1. The van der Waals surface area contributed by atoms with Crippen LogP contribution in [0.15, 0.2) is 0 Å². The third-order valence-corrected chi connectivity index (χ3v) is 2.20. The monoisotopic (exact) mass is 283 g/mol. The molecule has 0 spiro atoms. The standard InChI is InChI=1S/C9H18INO/c1-4-5-11(7-8(2)3)9(12)6-10/h8H,4-7H2,1-3H3. The van der Waals surface area contributed by atoms with Gasteiger partial charge in [-0.05, 0) is 12.3 Å². The first-order valence-corrected chi connectivity index (χ1v) is 5.98. The van der Waals surface area contributed by atoms with Crippen molar-refractivity contribution >= 4 is 28.5 Å². The lowest BCUT2D eigenvalue weighted by Crippen LogP contribution is -2.35. The molecule has 0 aromatic rings. The van der Waals surface area contributed by atoms with Crippen LogP contribution in [-0.2, 0) is 4.79 Å². The summed E-state index contributed by atoms with van der Waals surface area (Å²) in [5.41, 5.74) is 0. The van der Waals surface area contributed by atoms with E-state index >= 15 is 0 Å². The lowest BCUT2D eigenvalue weighted by atomic mass is 10.2. The molecule has 0 fully saturated rings. The van der Waals surface area contributed by atoms with E-state index in [0.717, 1.165) is 19.5 Å². The topological polar surface area (TPSA) is 20.3 Å². The highest BCUT2D eigenvalue weighted by atomic mass is 127. The molecule has 0 saturated carbocycles. The smallest absolute Gasteiger partial charge is 0.232 e. The van der Waals surface area contributed by atoms with Gasteiger partial charge in [-0.15, -0.1) is 0 Å². The molecule has 2 nitrogen and oxygen atoms in total. The Bertz CT molecular complexity index is 136. The number of hydrogen-bond donors (Lipinski definition) is 0. The van der Waals surface area contributed by atoms with Gasteiger partial charge in [0.25, 0.3) is 0 Å². The van der Waals surface area contributed by atoms with Gasteiger partial charge in [0.15, 0.2) is 0 Å². The molecule has 0 aromatic heterocycles. The van der Waals surface area contributed by atoms with Gasteiger partial charge in [0, 0.05) is 13.1 Å². The van der Waals surface area contributed by atoms with Gasteiger partial charge in [0.2, 0.25) is 5.91 Å². The predicted octanol–water partition coefficient (Wildman–Crippen LogP) is 2.32. The van der Waals surface area contributed by atoms with Crippen molar-refractivity contribution in [3.8, 4) is 0 Å². The molecule has 0 N–H and O–H groups in total. The number of halogens is 1. The molecule has 72 valence electrons. The van der Waals surface area contributed by atoms with Crippen molar-refractivity contribution in [1.29, 1.82) is 0 Å². The fourth-order valence-corrected chi connectivity index (χ4v) is 1.60. The van der Waals surface area contributed by atoms with E-state index in [-0.39, 0.29) is 5.91 Å². The van der Waals surface area contributed by atoms with E-state index < -0.39 is 0 Å². The molecule has 0 heterocycles. The molecular weight excluding hydrogens is 265 g/mol. The maximum absolute atomic E-state index is 11.4. The van der Waals surface area contributed by atoms with Gasteiger partial charge >= 0.3 is 0 Å². The zero-order valence-corrected chi connectivity index (χ0v) is 10.3. The van der Waals surface area contributed by atoms with Gasteiger partial charge in [-0.1, -0.05) is 43.4 Å². The molecule has 1 amide bonds. The first kappa shape index (κ1) is 12.2. The molecule has 0 bridgehead atoms. The van der Waals surface area contributed by atoms with E-state index in [1.807, 2.05) is 4.90 Å². The Hall–Kier alpha value is 0.200. The van der Waals surface area contributed by atoms with Crippen molar-refractivity contribution in [3.63, 3.8) is 0 Å². The van der Waals surface area contributed by atoms with Gasteiger partial charge in [-0.3, -0.25) is 4.79 Å². The SMILES string of the molecule is CCCN(CC(C)C)C(=O)CI. The van der Waals surface area contributed by atoms with Crippen LogP contribution in [0.5, 0.6) is 0 Å². The second kappa shape index (κ2) is 6.69. The fraction of sp³-hybridized carbons (Fsp3) is 0.889. The van der Waals surface area contributed by atoms with Crippen LogP contribution < -0.4 is 0 Å². The van der Waals surface area contributed by atoms with Crippen molar-refractivity contribution in [2.45, 2.75) is 27.2 Å². The van der Waals surface area contributed by atoms with Gasteiger partial charge in [-0.25, -0.2) is 0 Å². The zero-order valence-electron chi connectivity index (χ0n) is 8.14. The highest BCUT2D eigenvalue weighted by molar-refractivity contribution is 14.1. The third-order valence-electron chi connectivity index (χ3n) is 1.55. The molecule has 3 heteroatoms. The summed E-state index contributed by atoms with van der Waals surface area (Å²) in [4.78, 5) is 13.3. The maximum atomic E-state index is 11.4. The molecule has 0 aliphatic rings. The first-order chi connectivity index (χ1) is 5.61. The Morgan fingerprint density at radius 3 is 2.42 bits per heavy atom. The molecule has 0 unspecified atom stereocenters. The highest BCUT2D eigenvalue weighted by Crippen LogP contribution is 2.02. The van der Waals surface area contributed by atoms with E-state index in [9.17, 15) is 4.79 Å². The van der Waals surface area contributed by atoms with Crippen LogP contribution in [0.1, 0.15) is 27.2 Å². The fourth-order valence-electron chi connectivity index (χ4n) is 1.11. The van der Waals surface area contributed by atoms with E-state index in [1.165, 1.54) is 0 Å². The Morgan fingerprint density at radius 1 is 1.50 bits per heavy atom. The number of amides is 1. The van der Waals surface area contributed by atoms with E-state index in [4.69, 9.17) is 0 Å². The van der Waals surface area contributed by atoms with Gasteiger partial charge < -0.3 is 4.90 Å². The predicted molar refractivity (Wildman–Crippen MR) is 60.6 cm³/mol. The average Bonchev–Trinajstić information content (AvgIpc) is 2.01. The number of hydrogen-bond acceptors (Lipinski definition) is 1. The summed E-state index contributed by atoms with van der Waals surface area (Å²) in [5.74, 6) is 0.842. The Morgan fingerprint density at radius 2 is 2.08 bits per heavy atom. The summed E-state index contributed by atoms with van der Waals surface area (Å²) < 4.78 is 0.602. The normalized spacial score (nSPS) is 10.4. The molecule has 0 aromatic carbocycles. The van der Waals surface area contributed by atoms with Crippen molar-refractivity contribution in [2.24, 2.45) is 5.92 Å². The lowest BCUT2D eigenvalue weighted by molar-refractivity contribution is -0.128. The van der Waals surface area contributed by atoms with E-state index in [1.54, 1.807) is 0 Å². The van der Waals surface area contributed by atoms with Gasteiger partial charge in [0.1, 0.15) is 0 Å². The van der Waals surface area contributed by atoms with Crippen LogP contribution in [0.4, 0.5) is 0 Å². The zero-order chi connectivity index (χ0) is 9.56. The summed E-state index contributed by atoms with van der Waals surface area (Å²) in [6.45, 7) is 8.19. The Kier molecular flexibility index (Phi) is 6.80. The quantitative estimate of drug-likeness (QED) is 0.560. The van der Waals surface area contributed by atoms with E-state index in [0.29, 0.717) is 10.3 Å². The van der Waals surface area contributed by atoms with E-state index in [2.05, 4.69) is 43.4 Å². The Balaban J connectivity index is 3.94. The minimum atomic E-state index is 0.270. The maximum Gasteiger partial charge on any atom is 0.232 e. The van der Waals surface area contributed by atoms with Gasteiger partial charge in [0.05, 0.1) is 4.43 Å². The van der Waals surface area contributed by atoms with Crippen molar-refractivity contribution in [1.82, 2.24) is 4.90 Å². The molecular formula is C9H18INO. The molecule has 0 radical (unpaired) electrons. The van der Waals surface area contributed by atoms with Crippen molar-refractivity contribution in [2.75, 3.05) is 17.5 Å². The molecule has 0 saturated heterocycles. The van der Waals surface area contributed by atoms with Crippen LogP contribution in [0, 0.1) is 5.92 Å². The number of alkyl halides is 1. The molecule has 0 aliphatic heterocycles. The number of carbonyl (C=O) groups excluding carboxylic acids is 1. The minimum Gasteiger partial charge on any atom is -0.342 e. The number of carbonyl (C=O) groups is 1. The van der Waals surface area contributed by atoms with Crippen LogP contribution in [0.2, 0.25) is 0 Å². The highest BCUT2D eigenvalue weighted by Gasteiger charge is 2.11. The lowest BCUT2D eigenvalue weighted by Gasteiger charge is -2.23. The summed E-state index contributed by atoms with van der Waals surface area (Å²) in [7, 11) is 0. The van der Waals surface area contributed by atoms with Gasteiger partial charge in [-0.2, -0.15) is 0 Å². The number of rotatable bonds is 5. The van der Waals surface area contributed by atoms with Crippen molar-refractivity contribution < 1.29 is 4.79 Å². The molecule has 12 heavy (non-hydrogen) atoms. The minimum absolute atomic E-state index is 0.270. The first-order valence-electron chi connectivity index (χ1n) is 4.45.